The summed E-state index contributed by atoms with van der Waals surface area (Å²) in [6.45, 7) is 1.83. The summed E-state index contributed by atoms with van der Waals surface area (Å²) in [5, 5.41) is 3.33. The standard InChI is InChI=1S/C26H33N3O6S/c1-34-19-8-6-18(7-9-19)22-16-24(22)28-10-15-36(32,33)17-23(26(31)29-11-13-35-14-12-29)20-4-2-3-5-21(20)25(27)30/h2-9,22-24,28H,10-17H2,1H3,(H2,27,30)/t22-,23+,24+/m0/s1. The van der Waals surface area contributed by atoms with Gasteiger partial charge in [-0.05, 0) is 35.7 Å². The molecule has 3 atom stereocenters. The van der Waals surface area contributed by atoms with Crippen LogP contribution in [-0.2, 0) is 19.4 Å². The summed E-state index contributed by atoms with van der Waals surface area (Å²) in [5.41, 5.74) is 7.24. The lowest BCUT2D eigenvalue weighted by atomic mass is 9.93. The first-order valence-electron chi connectivity index (χ1n) is 12.1. The molecule has 0 unspecified atom stereocenters. The number of nitrogens with two attached hydrogens (primary N) is 1. The molecule has 9 nitrogen and oxygen atoms in total. The minimum absolute atomic E-state index is 0.107. The SMILES string of the molecule is COc1ccc([C@@H]2C[C@H]2NCCS(=O)(=O)C[C@@H](C(=O)N2CCOCC2)c2ccccc2C(N)=O)cc1. The minimum atomic E-state index is -3.62. The number of benzene rings is 2. The second-order valence-electron chi connectivity index (χ2n) is 9.23. The average Bonchev–Trinajstić information content (AvgIpc) is 3.67. The fourth-order valence-electron chi connectivity index (χ4n) is 4.70. The van der Waals surface area contributed by atoms with Crippen molar-refractivity contribution in [2.45, 2.75) is 24.3 Å². The van der Waals surface area contributed by atoms with E-state index in [0.717, 1.165) is 12.2 Å². The molecule has 0 radical (unpaired) electrons. The monoisotopic (exact) mass is 515 g/mol. The normalized spacial score (nSPS) is 20.5. The second-order valence-corrected chi connectivity index (χ2v) is 11.5. The highest BCUT2D eigenvalue weighted by Gasteiger charge is 2.38. The molecule has 0 aromatic heterocycles. The third-order valence-corrected chi connectivity index (χ3v) is 8.46. The van der Waals surface area contributed by atoms with Crippen molar-refractivity contribution in [2.24, 2.45) is 5.73 Å². The molecule has 36 heavy (non-hydrogen) atoms. The van der Waals surface area contributed by atoms with Gasteiger partial charge in [0, 0.05) is 37.2 Å². The van der Waals surface area contributed by atoms with E-state index in [1.807, 2.05) is 24.3 Å². The Hall–Kier alpha value is -2.95. The highest BCUT2D eigenvalue weighted by Crippen LogP contribution is 2.41. The van der Waals surface area contributed by atoms with Gasteiger partial charge in [-0.15, -0.1) is 0 Å². The van der Waals surface area contributed by atoms with Crippen molar-refractivity contribution in [1.82, 2.24) is 10.2 Å². The summed E-state index contributed by atoms with van der Waals surface area (Å²) < 4.78 is 36.8. The van der Waals surface area contributed by atoms with Crippen LogP contribution >= 0.6 is 0 Å². The average molecular weight is 516 g/mol. The van der Waals surface area contributed by atoms with E-state index in [1.165, 1.54) is 11.6 Å². The van der Waals surface area contributed by atoms with Crippen molar-refractivity contribution in [2.75, 3.05) is 51.5 Å². The van der Waals surface area contributed by atoms with Gasteiger partial charge < -0.3 is 25.4 Å². The third-order valence-electron chi connectivity index (χ3n) is 6.80. The summed E-state index contributed by atoms with van der Waals surface area (Å²) in [4.78, 5) is 27.1. The van der Waals surface area contributed by atoms with Crippen LogP contribution in [0.25, 0.3) is 0 Å². The molecule has 3 N–H and O–H groups in total. The van der Waals surface area contributed by atoms with Crippen LogP contribution in [-0.4, -0.2) is 82.6 Å². The van der Waals surface area contributed by atoms with Gasteiger partial charge >= 0.3 is 0 Å². The van der Waals surface area contributed by atoms with E-state index >= 15 is 0 Å². The van der Waals surface area contributed by atoms with Crippen LogP contribution in [0.4, 0.5) is 0 Å². The number of carbonyl (C=O) groups is 2. The lowest BCUT2D eigenvalue weighted by Gasteiger charge is -2.31. The first-order chi connectivity index (χ1) is 17.3. The number of morpholine rings is 1. The molecule has 1 saturated carbocycles. The van der Waals surface area contributed by atoms with Crippen molar-refractivity contribution in [3.05, 3.63) is 65.2 Å². The second kappa shape index (κ2) is 11.4. The van der Waals surface area contributed by atoms with Crippen LogP contribution in [0.2, 0.25) is 0 Å². The number of nitrogens with zero attached hydrogens (tertiary/aromatic N) is 1. The van der Waals surface area contributed by atoms with Crippen LogP contribution in [0.5, 0.6) is 5.75 Å². The molecule has 2 aromatic rings. The Labute approximate surface area is 211 Å². The quantitative estimate of drug-likeness (QED) is 0.462. The van der Waals surface area contributed by atoms with Crippen molar-refractivity contribution >= 4 is 21.7 Å². The molecule has 0 spiro atoms. The zero-order chi connectivity index (χ0) is 25.7. The van der Waals surface area contributed by atoms with E-state index in [2.05, 4.69) is 5.32 Å². The molecule has 194 valence electrons. The lowest BCUT2D eigenvalue weighted by molar-refractivity contribution is -0.136. The molecule has 1 saturated heterocycles. The Morgan fingerprint density at radius 1 is 1.14 bits per heavy atom. The number of ether oxygens (including phenoxy) is 2. The van der Waals surface area contributed by atoms with Crippen LogP contribution in [0.3, 0.4) is 0 Å². The fraction of sp³-hybridized carbons (Fsp3) is 0.462. The Morgan fingerprint density at radius 3 is 2.50 bits per heavy atom. The first kappa shape index (κ1) is 26.1. The number of nitrogens with one attached hydrogen (secondary N) is 1. The molecule has 2 fully saturated rings. The number of amides is 2. The van der Waals surface area contributed by atoms with Crippen LogP contribution in [0.15, 0.2) is 48.5 Å². The molecule has 2 amide bonds. The summed E-state index contributed by atoms with van der Waals surface area (Å²) in [6, 6.07) is 14.6. The van der Waals surface area contributed by atoms with Crippen molar-refractivity contribution in [3.63, 3.8) is 0 Å². The topological polar surface area (TPSA) is 128 Å². The highest BCUT2D eigenvalue weighted by atomic mass is 32.2. The zero-order valence-corrected chi connectivity index (χ0v) is 21.2. The zero-order valence-electron chi connectivity index (χ0n) is 20.4. The molecule has 1 heterocycles. The highest BCUT2D eigenvalue weighted by molar-refractivity contribution is 7.91. The summed E-state index contributed by atoms with van der Waals surface area (Å²) >= 11 is 0. The maximum Gasteiger partial charge on any atom is 0.249 e. The van der Waals surface area contributed by atoms with Gasteiger partial charge in [0.15, 0.2) is 9.84 Å². The first-order valence-corrected chi connectivity index (χ1v) is 13.9. The minimum Gasteiger partial charge on any atom is -0.497 e. The third kappa shape index (κ3) is 6.43. The number of hydrogen-bond donors (Lipinski definition) is 2. The maximum atomic E-state index is 13.4. The number of hydrogen-bond acceptors (Lipinski definition) is 7. The molecule has 0 bridgehead atoms. The Kier molecular flexibility index (Phi) is 8.28. The van der Waals surface area contributed by atoms with Crippen molar-refractivity contribution in [1.29, 1.82) is 0 Å². The van der Waals surface area contributed by atoms with E-state index in [-0.39, 0.29) is 35.6 Å². The molecule has 10 heteroatoms. The van der Waals surface area contributed by atoms with E-state index in [9.17, 15) is 18.0 Å². The molecular formula is C26H33N3O6S. The molecule has 1 aliphatic heterocycles. The maximum absolute atomic E-state index is 13.4. The van der Waals surface area contributed by atoms with E-state index in [4.69, 9.17) is 15.2 Å². The van der Waals surface area contributed by atoms with E-state index in [1.54, 1.807) is 30.2 Å². The summed E-state index contributed by atoms with van der Waals surface area (Å²) in [6.07, 6.45) is 0.941. The van der Waals surface area contributed by atoms with Gasteiger partial charge in [-0.1, -0.05) is 30.3 Å². The van der Waals surface area contributed by atoms with Gasteiger partial charge in [0.2, 0.25) is 11.8 Å². The predicted octanol–water partition coefficient (Wildman–Crippen LogP) is 1.30. The van der Waals surface area contributed by atoms with Crippen LogP contribution < -0.4 is 15.8 Å². The Balaban J connectivity index is 1.41. The predicted molar refractivity (Wildman–Crippen MR) is 136 cm³/mol. The Morgan fingerprint density at radius 2 is 1.83 bits per heavy atom. The largest absolute Gasteiger partial charge is 0.497 e. The van der Waals surface area contributed by atoms with Gasteiger partial charge in [-0.2, -0.15) is 0 Å². The van der Waals surface area contributed by atoms with Gasteiger partial charge in [0.25, 0.3) is 0 Å². The van der Waals surface area contributed by atoms with Gasteiger partial charge in [-0.3, -0.25) is 9.59 Å². The van der Waals surface area contributed by atoms with Crippen molar-refractivity contribution < 1.29 is 27.5 Å². The van der Waals surface area contributed by atoms with Crippen LogP contribution in [0.1, 0.15) is 39.7 Å². The molecular weight excluding hydrogens is 482 g/mol. The number of primary amides is 1. The van der Waals surface area contributed by atoms with Crippen LogP contribution in [0, 0.1) is 0 Å². The number of carbonyl (C=O) groups excluding carboxylic acids is 2. The van der Waals surface area contributed by atoms with E-state index < -0.39 is 21.7 Å². The summed E-state index contributed by atoms with van der Waals surface area (Å²) in [7, 11) is -2.00. The number of methoxy groups -OCH3 is 1. The molecule has 1 aliphatic carbocycles. The number of rotatable bonds is 11. The molecule has 2 aromatic carbocycles. The fourth-order valence-corrected chi connectivity index (χ4v) is 6.13. The van der Waals surface area contributed by atoms with Gasteiger partial charge in [-0.25, -0.2) is 8.42 Å². The van der Waals surface area contributed by atoms with Gasteiger partial charge in [0.1, 0.15) is 5.75 Å². The molecule has 4 rings (SSSR count). The smallest absolute Gasteiger partial charge is 0.249 e. The van der Waals surface area contributed by atoms with Gasteiger partial charge in [0.05, 0.1) is 37.7 Å². The number of sulfone groups is 1. The Bertz CT molecular complexity index is 1180. The summed E-state index contributed by atoms with van der Waals surface area (Å²) in [5.74, 6) is -1.38. The van der Waals surface area contributed by atoms with E-state index in [0.29, 0.717) is 37.8 Å². The van der Waals surface area contributed by atoms with Crippen molar-refractivity contribution in [3.8, 4) is 5.75 Å². The molecule has 2 aliphatic rings. The lowest BCUT2D eigenvalue weighted by Crippen LogP contribution is -2.45.